The highest BCUT2D eigenvalue weighted by Gasteiger charge is 2.55. The first-order valence-electron chi connectivity index (χ1n) is 7.69. The number of methoxy groups -OCH3 is 1. The Bertz CT molecular complexity index is 536. The predicted molar refractivity (Wildman–Crippen MR) is 79.6 cm³/mol. The van der Waals surface area contributed by atoms with Gasteiger partial charge in [-0.2, -0.15) is 0 Å². The minimum absolute atomic E-state index is 0.0205. The molecule has 20 heavy (non-hydrogen) atoms. The summed E-state index contributed by atoms with van der Waals surface area (Å²) in [7, 11) is 1.52. The molecule has 0 unspecified atom stereocenters. The zero-order valence-corrected chi connectivity index (χ0v) is 12.7. The highest BCUT2D eigenvalue weighted by Crippen LogP contribution is 2.57. The van der Waals surface area contributed by atoms with Gasteiger partial charge in [-0.3, -0.25) is 4.79 Å². The predicted octanol–water partition coefficient (Wildman–Crippen LogP) is 3.87. The van der Waals surface area contributed by atoms with Gasteiger partial charge in [0.15, 0.2) is 0 Å². The third kappa shape index (κ3) is 1.73. The summed E-state index contributed by atoms with van der Waals surface area (Å²) in [5, 5.41) is 0. The van der Waals surface area contributed by atoms with Crippen molar-refractivity contribution in [1.82, 2.24) is 0 Å². The summed E-state index contributed by atoms with van der Waals surface area (Å²) in [5.74, 6) is 0.374. The average Bonchev–Trinajstić information content (AvgIpc) is 2.46. The van der Waals surface area contributed by atoms with E-state index in [0.717, 1.165) is 25.7 Å². The Kier molecular flexibility index (Phi) is 3.15. The minimum Gasteiger partial charge on any atom is -0.469 e. The van der Waals surface area contributed by atoms with E-state index >= 15 is 0 Å². The molecule has 0 heterocycles. The molecular weight excluding hydrogens is 248 g/mol. The lowest BCUT2D eigenvalue weighted by Gasteiger charge is -2.54. The molecule has 0 N–H and O–H groups in total. The second-order valence-corrected chi connectivity index (χ2v) is 6.93. The first-order valence-corrected chi connectivity index (χ1v) is 7.69. The van der Waals surface area contributed by atoms with E-state index in [4.69, 9.17) is 4.74 Å². The molecule has 0 bridgehead atoms. The Morgan fingerprint density at radius 2 is 2.00 bits per heavy atom. The van der Waals surface area contributed by atoms with Gasteiger partial charge in [-0.1, -0.05) is 37.6 Å². The molecule has 108 valence electrons. The highest BCUT2D eigenvalue weighted by molar-refractivity contribution is 5.77. The third-order valence-electron chi connectivity index (χ3n) is 5.92. The van der Waals surface area contributed by atoms with E-state index < -0.39 is 0 Å². The van der Waals surface area contributed by atoms with Gasteiger partial charge in [-0.15, -0.1) is 0 Å². The monoisotopic (exact) mass is 272 g/mol. The second-order valence-electron chi connectivity index (χ2n) is 6.93. The molecule has 0 radical (unpaired) electrons. The van der Waals surface area contributed by atoms with E-state index in [9.17, 15) is 4.79 Å². The molecule has 1 saturated carbocycles. The van der Waals surface area contributed by atoms with E-state index in [1.54, 1.807) is 0 Å². The molecule has 2 nitrogen and oxygen atoms in total. The molecular formula is C18H24O2. The van der Waals surface area contributed by atoms with Crippen molar-refractivity contribution < 1.29 is 9.53 Å². The number of carbonyl (C=O) groups excluding carboxylic acids is 1. The number of ether oxygens (including phenoxy) is 1. The van der Waals surface area contributed by atoms with Crippen LogP contribution >= 0.6 is 0 Å². The molecule has 2 aliphatic rings. The Morgan fingerprint density at radius 3 is 2.75 bits per heavy atom. The van der Waals surface area contributed by atoms with Crippen LogP contribution in [0.15, 0.2) is 24.3 Å². The van der Waals surface area contributed by atoms with Crippen molar-refractivity contribution in [2.75, 3.05) is 7.11 Å². The van der Waals surface area contributed by atoms with Crippen molar-refractivity contribution in [2.45, 2.75) is 51.4 Å². The molecule has 1 aromatic carbocycles. The molecule has 3 atom stereocenters. The standard InChI is InChI=1S/C18H24O2/c1-17-11-6-12-18(2,16(19)20-3)15(17)10-9-13-7-4-5-8-14(13)17/h4-5,7-8,15H,6,9-12H2,1-3H3/t15-,17-,18-/m1/s1. The second kappa shape index (κ2) is 4.61. The van der Waals surface area contributed by atoms with Crippen LogP contribution in [0.2, 0.25) is 0 Å². The molecule has 2 aliphatic carbocycles. The highest BCUT2D eigenvalue weighted by atomic mass is 16.5. The minimum atomic E-state index is -0.324. The molecule has 0 spiro atoms. The van der Waals surface area contributed by atoms with Crippen molar-refractivity contribution in [2.24, 2.45) is 11.3 Å². The van der Waals surface area contributed by atoms with Crippen molar-refractivity contribution in [3.8, 4) is 0 Å². The van der Waals surface area contributed by atoms with Gasteiger partial charge in [0.25, 0.3) is 0 Å². The van der Waals surface area contributed by atoms with Crippen molar-refractivity contribution in [3.63, 3.8) is 0 Å². The van der Waals surface area contributed by atoms with Gasteiger partial charge in [0.1, 0.15) is 0 Å². The van der Waals surface area contributed by atoms with E-state index in [-0.39, 0.29) is 16.8 Å². The van der Waals surface area contributed by atoms with E-state index in [0.29, 0.717) is 5.92 Å². The Balaban J connectivity index is 2.08. The molecule has 0 aliphatic heterocycles. The lowest BCUT2D eigenvalue weighted by molar-refractivity contribution is -0.161. The lowest BCUT2D eigenvalue weighted by Crippen LogP contribution is -2.52. The van der Waals surface area contributed by atoms with E-state index in [2.05, 4.69) is 38.1 Å². The van der Waals surface area contributed by atoms with E-state index in [1.807, 2.05) is 0 Å². The van der Waals surface area contributed by atoms with Gasteiger partial charge in [-0.05, 0) is 55.1 Å². The topological polar surface area (TPSA) is 26.3 Å². The summed E-state index contributed by atoms with van der Waals surface area (Å²) in [4.78, 5) is 12.4. The average molecular weight is 272 g/mol. The van der Waals surface area contributed by atoms with Crippen LogP contribution in [0.25, 0.3) is 0 Å². The van der Waals surface area contributed by atoms with Crippen LogP contribution in [0, 0.1) is 11.3 Å². The number of fused-ring (bicyclic) bond motifs is 3. The first-order chi connectivity index (χ1) is 9.52. The summed E-state index contributed by atoms with van der Waals surface area (Å²) in [6.07, 6.45) is 5.43. The van der Waals surface area contributed by atoms with Crippen molar-refractivity contribution >= 4 is 5.97 Å². The Morgan fingerprint density at radius 1 is 1.25 bits per heavy atom. The largest absolute Gasteiger partial charge is 0.469 e. The molecule has 0 amide bonds. The maximum Gasteiger partial charge on any atom is 0.311 e. The van der Waals surface area contributed by atoms with Gasteiger partial charge >= 0.3 is 5.97 Å². The zero-order valence-electron chi connectivity index (χ0n) is 12.7. The van der Waals surface area contributed by atoms with Crippen LogP contribution in [0.4, 0.5) is 0 Å². The Labute approximate surface area is 121 Å². The van der Waals surface area contributed by atoms with Crippen LogP contribution in [0.3, 0.4) is 0 Å². The number of rotatable bonds is 1. The van der Waals surface area contributed by atoms with E-state index in [1.165, 1.54) is 24.7 Å². The Hall–Kier alpha value is -1.31. The molecule has 0 saturated heterocycles. The molecule has 1 fully saturated rings. The maximum atomic E-state index is 12.4. The van der Waals surface area contributed by atoms with Gasteiger partial charge < -0.3 is 4.74 Å². The maximum absolute atomic E-state index is 12.4. The van der Waals surface area contributed by atoms with Gasteiger partial charge in [0.2, 0.25) is 0 Å². The number of esters is 1. The number of aryl methyl sites for hydroxylation is 1. The number of benzene rings is 1. The van der Waals surface area contributed by atoms with Crippen molar-refractivity contribution in [1.29, 1.82) is 0 Å². The first kappa shape index (κ1) is 13.7. The van der Waals surface area contributed by atoms with Crippen LogP contribution in [-0.2, 0) is 21.4 Å². The lowest BCUT2D eigenvalue weighted by atomic mass is 9.50. The molecule has 1 aromatic rings. The normalized spacial score (nSPS) is 35.9. The molecule has 2 heteroatoms. The summed E-state index contributed by atoms with van der Waals surface area (Å²) in [5.41, 5.74) is 2.73. The third-order valence-corrected chi connectivity index (χ3v) is 5.92. The summed E-state index contributed by atoms with van der Waals surface area (Å²) in [6.45, 7) is 4.48. The molecule has 0 aromatic heterocycles. The number of hydrogen-bond acceptors (Lipinski definition) is 2. The van der Waals surface area contributed by atoms with Crippen molar-refractivity contribution in [3.05, 3.63) is 35.4 Å². The smallest absolute Gasteiger partial charge is 0.311 e. The fraction of sp³-hybridized carbons (Fsp3) is 0.611. The summed E-state index contributed by atoms with van der Waals surface area (Å²) < 4.78 is 5.14. The van der Waals surface area contributed by atoms with Gasteiger partial charge in [0, 0.05) is 0 Å². The van der Waals surface area contributed by atoms with Gasteiger partial charge in [0.05, 0.1) is 12.5 Å². The summed E-state index contributed by atoms with van der Waals surface area (Å²) >= 11 is 0. The fourth-order valence-corrected chi connectivity index (χ4v) is 4.91. The van der Waals surface area contributed by atoms with Crippen LogP contribution in [0.5, 0.6) is 0 Å². The SMILES string of the molecule is COC(=O)[C@]1(C)CCC[C@]2(C)c3ccccc3CC[C@@H]12. The van der Waals surface area contributed by atoms with Gasteiger partial charge in [-0.25, -0.2) is 0 Å². The van der Waals surface area contributed by atoms with Crippen LogP contribution in [-0.4, -0.2) is 13.1 Å². The fourth-order valence-electron chi connectivity index (χ4n) is 4.91. The quantitative estimate of drug-likeness (QED) is 0.725. The molecule has 3 rings (SSSR count). The number of hydrogen-bond donors (Lipinski definition) is 0. The number of carbonyl (C=O) groups is 1. The van der Waals surface area contributed by atoms with Crippen LogP contribution in [0.1, 0.15) is 50.7 Å². The summed E-state index contributed by atoms with van der Waals surface area (Å²) in [6, 6.07) is 8.78. The zero-order chi connectivity index (χ0) is 14.4. The van der Waals surface area contributed by atoms with Crippen LogP contribution < -0.4 is 0 Å².